The summed E-state index contributed by atoms with van der Waals surface area (Å²) < 4.78 is 46.4. The molecule has 0 atom stereocenters. The molecule has 0 amide bonds. The van der Waals surface area contributed by atoms with E-state index in [4.69, 9.17) is 4.74 Å². The van der Waals surface area contributed by atoms with Crippen molar-refractivity contribution < 1.29 is 22.7 Å². The molecule has 1 saturated carbocycles. The predicted molar refractivity (Wildman–Crippen MR) is 81.8 cm³/mol. The Labute approximate surface area is 132 Å². The van der Waals surface area contributed by atoms with Crippen molar-refractivity contribution in [3.05, 3.63) is 41.5 Å². The number of carbonyl (C=O) groups is 1. The van der Waals surface area contributed by atoms with E-state index in [0.29, 0.717) is 17.2 Å². The van der Waals surface area contributed by atoms with Crippen molar-refractivity contribution in [2.24, 2.45) is 0 Å². The third kappa shape index (κ3) is 3.33. The van der Waals surface area contributed by atoms with Crippen LogP contribution in [0.5, 0.6) is 5.75 Å². The van der Waals surface area contributed by atoms with Gasteiger partial charge in [-0.05, 0) is 48.6 Å². The molecule has 0 radical (unpaired) electrons. The summed E-state index contributed by atoms with van der Waals surface area (Å²) in [6.07, 6.45) is 0.629. The van der Waals surface area contributed by atoms with E-state index in [1.165, 1.54) is 24.3 Å². The molecule has 0 unspecified atom stereocenters. The van der Waals surface area contributed by atoms with E-state index in [2.05, 4.69) is 0 Å². The fourth-order valence-corrected chi connectivity index (χ4v) is 3.15. The Balaban J connectivity index is 2.07. The molecule has 122 valence electrons. The number of ether oxygens (including phenoxy) is 1. The minimum atomic E-state index is -4.51. The zero-order chi connectivity index (χ0) is 16.4. The van der Waals surface area contributed by atoms with Crippen molar-refractivity contribution in [3.63, 3.8) is 0 Å². The molecule has 3 rings (SSSR count). The maximum Gasteiger partial charge on any atom is 0.420 e. The third-order valence-electron chi connectivity index (χ3n) is 4.27. The van der Waals surface area contributed by atoms with Gasteiger partial charge >= 0.3 is 6.18 Å². The van der Waals surface area contributed by atoms with Crippen molar-refractivity contribution in [2.75, 3.05) is 0 Å². The molecule has 1 aliphatic carbocycles. The summed E-state index contributed by atoms with van der Waals surface area (Å²) in [5, 5.41) is 0.453. The summed E-state index contributed by atoms with van der Waals surface area (Å²) in [5.41, 5.74) is -0.399. The van der Waals surface area contributed by atoms with Crippen molar-refractivity contribution in [3.8, 4) is 5.75 Å². The summed E-state index contributed by atoms with van der Waals surface area (Å²) >= 11 is 0. The van der Waals surface area contributed by atoms with Gasteiger partial charge in [-0.15, -0.1) is 0 Å². The molecule has 0 aliphatic heterocycles. The number of hydrogen-bond acceptors (Lipinski definition) is 2. The highest BCUT2D eigenvalue weighted by Gasteiger charge is 2.37. The van der Waals surface area contributed by atoms with E-state index < -0.39 is 11.7 Å². The normalized spacial score (nSPS) is 16.5. The quantitative estimate of drug-likeness (QED) is 0.709. The van der Waals surface area contributed by atoms with Crippen LogP contribution in [0.15, 0.2) is 30.3 Å². The number of alkyl halides is 3. The van der Waals surface area contributed by atoms with E-state index in [-0.39, 0.29) is 17.2 Å². The van der Waals surface area contributed by atoms with Crippen LogP contribution in [-0.2, 0) is 6.18 Å². The van der Waals surface area contributed by atoms with Gasteiger partial charge in [0.05, 0.1) is 6.10 Å². The van der Waals surface area contributed by atoms with Crippen LogP contribution in [0, 0.1) is 0 Å². The van der Waals surface area contributed by atoms with Gasteiger partial charge < -0.3 is 4.74 Å². The van der Waals surface area contributed by atoms with E-state index >= 15 is 0 Å². The first-order chi connectivity index (χ1) is 11.0. The molecule has 2 nitrogen and oxygen atoms in total. The molecule has 0 spiro atoms. The van der Waals surface area contributed by atoms with Gasteiger partial charge in [0, 0.05) is 5.56 Å². The summed E-state index contributed by atoms with van der Waals surface area (Å²) in [7, 11) is 0. The van der Waals surface area contributed by atoms with Gasteiger partial charge in [0.1, 0.15) is 17.6 Å². The SMILES string of the molecule is O=Cc1ccc2c(C(F)(F)F)c(OC3CCCCC3)ccc2c1. The Morgan fingerprint density at radius 1 is 1.04 bits per heavy atom. The van der Waals surface area contributed by atoms with Crippen LogP contribution in [0.4, 0.5) is 13.2 Å². The van der Waals surface area contributed by atoms with E-state index in [1.807, 2.05) is 0 Å². The van der Waals surface area contributed by atoms with Crippen LogP contribution < -0.4 is 4.74 Å². The van der Waals surface area contributed by atoms with Crippen LogP contribution in [0.25, 0.3) is 10.8 Å². The van der Waals surface area contributed by atoms with Gasteiger partial charge in [-0.3, -0.25) is 4.79 Å². The second kappa shape index (κ2) is 6.22. The van der Waals surface area contributed by atoms with Gasteiger partial charge in [0.15, 0.2) is 0 Å². The molecule has 1 aliphatic rings. The van der Waals surface area contributed by atoms with E-state index in [0.717, 1.165) is 32.1 Å². The molecule has 0 N–H and O–H groups in total. The highest BCUT2D eigenvalue weighted by molar-refractivity contribution is 5.92. The smallest absolute Gasteiger partial charge is 0.420 e. The lowest BCUT2D eigenvalue weighted by atomic mass is 9.97. The van der Waals surface area contributed by atoms with Gasteiger partial charge in [-0.2, -0.15) is 13.2 Å². The monoisotopic (exact) mass is 322 g/mol. The number of carbonyl (C=O) groups excluding carboxylic acids is 1. The lowest BCUT2D eigenvalue weighted by Gasteiger charge is -2.25. The molecule has 0 heterocycles. The second-order valence-electron chi connectivity index (χ2n) is 5.91. The molecule has 23 heavy (non-hydrogen) atoms. The summed E-state index contributed by atoms with van der Waals surface area (Å²) in [6.45, 7) is 0. The molecule has 1 fully saturated rings. The topological polar surface area (TPSA) is 26.3 Å². The van der Waals surface area contributed by atoms with Crippen molar-refractivity contribution >= 4 is 17.1 Å². The molecule has 0 aromatic heterocycles. The van der Waals surface area contributed by atoms with Crippen LogP contribution in [0.1, 0.15) is 48.0 Å². The highest BCUT2D eigenvalue weighted by Crippen LogP contribution is 2.42. The van der Waals surface area contributed by atoms with Gasteiger partial charge in [-0.25, -0.2) is 0 Å². The number of aldehydes is 1. The minimum Gasteiger partial charge on any atom is -0.490 e. The lowest BCUT2D eigenvalue weighted by molar-refractivity contribution is -0.138. The lowest BCUT2D eigenvalue weighted by Crippen LogP contribution is -2.21. The first-order valence-electron chi connectivity index (χ1n) is 7.75. The summed E-state index contributed by atoms with van der Waals surface area (Å²) in [4.78, 5) is 10.8. The van der Waals surface area contributed by atoms with Crippen LogP contribution in [0.3, 0.4) is 0 Å². The first-order valence-corrected chi connectivity index (χ1v) is 7.75. The molecular weight excluding hydrogens is 305 g/mol. The maximum atomic E-state index is 13.6. The Bertz CT molecular complexity index is 716. The molecule has 2 aromatic rings. The second-order valence-corrected chi connectivity index (χ2v) is 5.91. The van der Waals surface area contributed by atoms with Gasteiger partial charge in [-0.1, -0.05) is 24.6 Å². The number of hydrogen-bond donors (Lipinski definition) is 0. The van der Waals surface area contributed by atoms with E-state index in [9.17, 15) is 18.0 Å². The Kier molecular flexibility index (Phi) is 4.28. The van der Waals surface area contributed by atoms with Crippen molar-refractivity contribution in [1.29, 1.82) is 0 Å². The van der Waals surface area contributed by atoms with E-state index in [1.54, 1.807) is 6.07 Å². The zero-order valence-corrected chi connectivity index (χ0v) is 12.5. The number of rotatable bonds is 3. The maximum absolute atomic E-state index is 13.6. The van der Waals surface area contributed by atoms with Crippen LogP contribution >= 0.6 is 0 Å². The largest absolute Gasteiger partial charge is 0.490 e. The summed E-state index contributed by atoms with van der Waals surface area (Å²) in [6, 6.07) is 7.15. The standard InChI is InChI=1S/C18H17F3O2/c19-18(20,21)17-15-8-6-12(11-22)10-13(15)7-9-16(17)23-14-4-2-1-3-5-14/h6-11,14H,1-5H2. The van der Waals surface area contributed by atoms with Crippen molar-refractivity contribution in [2.45, 2.75) is 44.4 Å². The minimum absolute atomic E-state index is 0.0661. The molecule has 0 bridgehead atoms. The Morgan fingerprint density at radius 3 is 2.43 bits per heavy atom. The van der Waals surface area contributed by atoms with Crippen LogP contribution in [0.2, 0.25) is 0 Å². The van der Waals surface area contributed by atoms with Gasteiger partial charge in [0.25, 0.3) is 0 Å². The first kappa shape index (κ1) is 15.8. The van der Waals surface area contributed by atoms with Gasteiger partial charge in [0.2, 0.25) is 0 Å². The Morgan fingerprint density at radius 2 is 1.78 bits per heavy atom. The molecule has 2 aromatic carbocycles. The molecule has 5 heteroatoms. The fraction of sp³-hybridized carbons (Fsp3) is 0.389. The molecular formula is C18H17F3O2. The third-order valence-corrected chi connectivity index (χ3v) is 4.27. The van der Waals surface area contributed by atoms with Crippen LogP contribution in [-0.4, -0.2) is 12.4 Å². The highest BCUT2D eigenvalue weighted by atomic mass is 19.4. The average Bonchev–Trinajstić information content (AvgIpc) is 2.54. The molecule has 0 saturated heterocycles. The van der Waals surface area contributed by atoms with Crippen molar-refractivity contribution in [1.82, 2.24) is 0 Å². The predicted octanol–water partition coefficient (Wildman–Crippen LogP) is 5.38. The summed E-state index contributed by atoms with van der Waals surface area (Å²) in [5.74, 6) is -0.115. The number of fused-ring (bicyclic) bond motifs is 1. The number of benzene rings is 2. The fourth-order valence-electron chi connectivity index (χ4n) is 3.15. The average molecular weight is 322 g/mol. The Hall–Kier alpha value is -2.04. The zero-order valence-electron chi connectivity index (χ0n) is 12.5. The number of halogens is 3.